The van der Waals surface area contributed by atoms with Crippen LogP contribution in [0.2, 0.25) is 0 Å². The maximum atomic E-state index is 5.81. The normalized spacial score (nSPS) is 44.5. The Morgan fingerprint density at radius 1 is 1.38 bits per heavy atom. The van der Waals surface area contributed by atoms with Crippen molar-refractivity contribution < 1.29 is 4.74 Å². The van der Waals surface area contributed by atoms with Crippen LogP contribution in [0.3, 0.4) is 0 Å². The van der Waals surface area contributed by atoms with E-state index in [0.29, 0.717) is 11.7 Å². The summed E-state index contributed by atoms with van der Waals surface area (Å²) < 4.78 is 5.81. The van der Waals surface area contributed by atoms with Crippen LogP contribution in [0.15, 0.2) is 0 Å². The summed E-state index contributed by atoms with van der Waals surface area (Å²) in [7, 11) is 0. The molecule has 3 rings (SSSR count). The second-order valence-corrected chi connectivity index (χ2v) is 4.99. The average Bonchev–Trinajstić information content (AvgIpc) is 2.98. The molecule has 74 valence electrons. The first-order chi connectivity index (χ1) is 6.32. The molecule has 0 bridgehead atoms. The summed E-state index contributed by atoms with van der Waals surface area (Å²) in [6.07, 6.45) is 6.05. The van der Waals surface area contributed by atoms with Crippen LogP contribution < -0.4 is 0 Å². The molecular weight excluding hydrogens is 162 g/mol. The summed E-state index contributed by atoms with van der Waals surface area (Å²) in [4.78, 5) is 2.63. The maximum Gasteiger partial charge on any atom is 0.107 e. The first-order valence-electron chi connectivity index (χ1n) is 5.72. The Morgan fingerprint density at radius 3 is 2.92 bits per heavy atom. The summed E-state index contributed by atoms with van der Waals surface area (Å²) in [5.74, 6) is 1.03. The standard InChI is InChI=1S/C11H19NO/c1-2-11-8-12(7-9-3-4-9)6-5-10(11)13-11/h9-10H,2-8H2,1H3. The van der Waals surface area contributed by atoms with Gasteiger partial charge in [0, 0.05) is 19.6 Å². The van der Waals surface area contributed by atoms with Gasteiger partial charge in [-0.3, -0.25) is 4.90 Å². The van der Waals surface area contributed by atoms with Crippen LogP contribution in [-0.2, 0) is 4.74 Å². The third-order valence-electron chi connectivity index (χ3n) is 3.92. The Hall–Kier alpha value is -0.0800. The van der Waals surface area contributed by atoms with Gasteiger partial charge in [0.2, 0.25) is 0 Å². The minimum atomic E-state index is 0.299. The third-order valence-corrected chi connectivity index (χ3v) is 3.92. The number of rotatable bonds is 3. The second kappa shape index (κ2) is 2.71. The lowest BCUT2D eigenvalue weighted by Gasteiger charge is -2.29. The van der Waals surface area contributed by atoms with E-state index in [1.807, 2.05) is 0 Å². The molecule has 2 atom stereocenters. The number of epoxide rings is 1. The van der Waals surface area contributed by atoms with E-state index < -0.39 is 0 Å². The van der Waals surface area contributed by atoms with Gasteiger partial charge < -0.3 is 4.74 Å². The van der Waals surface area contributed by atoms with Crippen molar-refractivity contribution in [1.29, 1.82) is 0 Å². The van der Waals surface area contributed by atoms with Gasteiger partial charge in [-0.1, -0.05) is 6.92 Å². The molecule has 13 heavy (non-hydrogen) atoms. The zero-order valence-corrected chi connectivity index (χ0v) is 8.46. The molecule has 1 aliphatic carbocycles. The van der Waals surface area contributed by atoms with Crippen molar-refractivity contribution in [2.24, 2.45) is 5.92 Å². The molecule has 2 saturated heterocycles. The molecule has 1 saturated carbocycles. The highest BCUT2D eigenvalue weighted by Gasteiger charge is 2.57. The summed E-state index contributed by atoms with van der Waals surface area (Å²) in [5, 5.41) is 0. The molecule has 0 N–H and O–H groups in total. The molecule has 3 aliphatic rings. The Balaban J connectivity index is 1.59. The lowest BCUT2D eigenvalue weighted by Crippen LogP contribution is -2.42. The molecule has 3 fully saturated rings. The van der Waals surface area contributed by atoms with Crippen LogP contribution in [0, 0.1) is 5.92 Å². The predicted molar refractivity (Wildman–Crippen MR) is 51.7 cm³/mol. The molecule has 2 aliphatic heterocycles. The van der Waals surface area contributed by atoms with E-state index in [2.05, 4.69) is 11.8 Å². The molecular formula is C11H19NO. The van der Waals surface area contributed by atoms with Crippen molar-refractivity contribution in [3.8, 4) is 0 Å². The Labute approximate surface area is 80.2 Å². The van der Waals surface area contributed by atoms with Gasteiger partial charge in [-0.25, -0.2) is 0 Å². The van der Waals surface area contributed by atoms with Crippen LogP contribution in [0.5, 0.6) is 0 Å². The van der Waals surface area contributed by atoms with E-state index >= 15 is 0 Å². The van der Waals surface area contributed by atoms with E-state index in [-0.39, 0.29) is 0 Å². The zero-order chi connectivity index (χ0) is 8.89. The first-order valence-corrected chi connectivity index (χ1v) is 5.72. The number of fused-ring (bicyclic) bond motifs is 1. The highest BCUT2D eigenvalue weighted by atomic mass is 16.6. The molecule has 0 radical (unpaired) electrons. The molecule has 2 heteroatoms. The van der Waals surface area contributed by atoms with Crippen molar-refractivity contribution >= 4 is 0 Å². The third kappa shape index (κ3) is 1.40. The number of ether oxygens (including phenoxy) is 1. The second-order valence-electron chi connectivity index (χ2n) is 4.99. The van der Waals surface area contributed by atoms with Crippen LogP contribution in [0.1, 0.15) is 32.6 Å². The Bertz CT molecular complexity index is 214. The van der Waals surface area contributed by atoms with E-state index in [1.165, 1.54) is 45.3 Å². The Kier molecular flexibility index (Phi) is 1.72. The monoisotopic (exact) mass is 181 g/mol. The van der Waals surface area contributed by atoms with Crippen molar-refractivity contribution in [2.75, 3.05) is 19.6 Å². The molecule has 2 unspecified atom stereocenters. The van der Waals surface area contributed by atoms with Crippen LogP contribution in [-0.4, -0.2) is 36.2 Å². The summed E-state index contributed by atoms with van der Waals surface area (Å²) in [5.41, 5.74) is 0.299. The van der Waals surface area contributed by atoms with Crippen molar-refractivity contribution in [1.82, 2.24) is 4.90 Å². The molecule has 0 amide bonds. The van der Waals surface area contributed by atoms with Gasteiger partial charge in [0.15, 0.2) is 0 Å². The van der Waals surface area contributed by atoms with Crippen molar-refractivity contribution in [3.05, 3.63) is 0 Å². The molecule has 0 aromatic heterocycles. The summed E-state index contributed by atoms with van der Waals surface area (Å²) in [6, 6.07) is 0. The predicted octanol–water partition coefficient (Wildman–Crippen LogP) is 1.65. The van der Waals surface area contributed by atoms with E-state index in [0.717, 1.165) is 5.92 Å². The van der Waals surface area contributed by atoms with Gasteiger partial charge in [0.25, 0.3) is 0 Å². The average molecular weight is 181 g/mol. The minimum Gasteiger partial charge on any atom is -0.365 e. The quantitative estimate of drug-likeness (QED) is 0.615. The lowest BCUT2D eigenvalue weighted by atomic mass is 9.95. The number of hydrogen-bond acceptors (Lipinski definition) is 2. The molecule has 2 heterocycles. The van der Waals surface area contributed by atoms with Crippen molar-refractivity contribution in [3.63, 3.8) is 0 Å². The maximum absolute atomic E-state index is 5.81. The SMILES string of the molecule is CCC12CN(CC3CC3)CCC1O2. The number of nitrogens with zero attached hydrogens (tertiary/aromatic N) is 1. The fourth-order valence-corrected chi connectivity index (χ4v) is 2.71. The summed E-state index contributed by atoms with van der Waals surface area (Å²) >= 11 is 0. The zero-order valence-electron chi connectivity index (χ0n) is 8.46. The fourth-order valence-electron chi connectivity index (χ4n) is 2.71. The largest absolute Gasteiger partial charge is 0.365 e. The summed E-state index contributed by atoms with van der Waals surface area (Å²) in [6.45, 7) is 6.10. The first kappa shape index (κ1) is 8.25. The Morgan fingerprint density at radius 2 is 2.23 bits per heavy atom. The minimum absolute atomic E-state index is 0.299. The molecule has 0 spiro atoms. The van der Waals surface area contributed by atoms with Gasteiger partial charge in [-0.05, 0) is 31.6 Å². The highest BCUT2D eigenvalue weighted by Crippen LogP contribution is 2.46. The van der Waals surface area contributed by atoms with Gasteiger partial charge in [-0.15, -0.1) is 0 Å². The van der Waals surface area contributed by atoms with Gasteiger partial charge in [-0.2, -0.15) is 0 Å². The highest BCUT2D eigenvalue weighted by molar-refractivity contribution is 5.07. The van der Waals surface area contributed by atoms with Crippen molar-refractivity contribution in [2.45, 2.75) is 44.3 Å². The van der Waals surface area contributed by atoms with Gasteiger partial charge >= 0.3 is 0 Å². The van der Waals surface area contributed by atoms with Crippen LogP contribution in [0.4, 0.5) is 0 Å². The smallest absolute Gasteiger partial charge is 0.107 e. The van der Waals surface area contributed by atoms with Gasteiger partial charge in [0.1, 0.15) is 5.60 Å². The van der Waals surface area contributed by atoms with E-state index in [4.69, 9.17) is 4.74 Å². The van der Waals surface area contributed by atoms with E-state index in [1.54, 1.807) is 0 Å². The fraction of sp³-hybridized carbons (Fsp3) is 1.00. The topological polar surface area (TPSA) is 15.8 Å². The number of hydrogen-bond donors (Lipinski definition) is 0. The van der Waals surface area contributed by atoms with Gasteiger partial charge in [0.05, 0.1) is 6.10 Å². The lowest BCUT2D eigenvalue weighted by molar-refractivity contribution is 0.179. The molecule has 0 aromatic rings. The number of likely N-dealkylation sites (tertiary alicyclic amines) is 1. The van der Waals surface area contributed by atoms with Crippen LogP contribution in [0.25, 0.3) is 0 Å². The van der Waals surface area contributed by atoms with Crippen LogP contribution >= 0.6 is 0 Å². The molecule has 0 aromatic carbocycles. The molecule has 2 nitrogen and oxygen atoms in total. The van der Waals surface area contributed by atoms with E-state index in [9.17, 15) is 0 Å². The number of piperidine rings is 1.